The first-order valence-electron chi connectivity index (χ1n) is 14.4. The SMILES string of the molecule is C[C@H]1C2=CNN(c3ccc(F)cc3)C2=CC2=C1[C@@H](CC(NC(=O)NCCN1CCOCC1)c1ccccc1)CC2. The van der Waals surface area contributed by atoms with E-state index in [0.717, 1.165) is 69.1 Å². The number of hydrogen-bond donors (Lipinski definition) is 3. The first-order valence-corrected chi connectivity index (χ1v) is 14.4. The minimum absolute atomic E-state index is 0.0783. The predicted octanol–water partition coefficient (Wildman–Crippen LogP) is 5.04. The van der Waals surface area contributed by atoms with Crippen LogP contribution in [0.1, 0.15) is 37.8 Å². The Morgan fingerprint density at radius 2 is 1.90 bits per heavy atom. The van der Waals surface area contributed by atoms with Crippen molar-refractivity contribution >= 4 is 11.7 Å². The molecule has 2 aliphatic carbocycles. The second kappa shape index (κ2) is 11.9. The number of ether oxygens (including phenoxy) is 1. The minimum Gasteiger partial charge on any atom is -0.379 e. The van der Waals surface area contributed by atoms with Crippen molar-refractivity contribution in [2.24, 2.45) is 11.8 Å². The van der Waals surface area contributed by atoms with Gasteiger partial charge in [-0.2, -0.15) is 0 Å². The van der Waals surface area contributed by atoms with E-state index in [9.17, 15) is 9.18 Å². The second-order valence-electron chi connectivity index (χ2n) is 11.1. The molecule has 2 aromatic rings. The summed E-state index contributed by atoms with van der Waals surface area (Å²) < 4.78 is 18.9. The van der Waals surface area contributed by atoms with E-state index in [1.165, 1.54) is 28.9 Å². The molecule has 4 aliphatic rings. The molecule has 1 saturated heterocycles. The van der Waals surface area contributed by atoms with Crippen LogP contribution in [0.2, 0.25) is 0 Å². The van der Waals surface area contributed by atoms with Crippen molar-refractivity contribution in [2.45, 2.75) is 32.2 Å². The van der Waals surface area contributed by atoms with Crippen LogP contribution in [0.3, 0.4) is 0 Å². The van der Waals surface area contributed by atoms with Crippen LogP contribution in [-0.4, -0.2) is 50.3 Å². The van der Waals surface area contributed by atoms with Gasteiger partial charge >= 0.3 is 6.03 Å². The number of urea groups is 1. The van der Waals surface area contributed by atoms with Crippen molar-refractivity contribution in [2.75, 3.05) is 44.4 Å². The Balaban J connectivity index is 1.16. The standard InChI is InChI=1S/C32H38FN5O2/c1-22-28-21-35-38(27-11-9-26(33)10-12-27)30(28)20-25-8-7-24(31(22)25)19-29(23-5-3-2-4-6-23)36-32(39)34-13-14-37-15-17-40-18-16-37/h2-6,9-12,20-22,24,29,35H,7-8,13-19H2,1H3,(H2,34,36,39)/t22-,24+,29?/m0/s1. The van der Waals surface area contributed by atoms with E-state index >= 15 is 0 Å². The summed E-state index contributed by atoms with van der Waals surface area (Å²) in [6, 6.07) is 16.7. The average Bonchev–Trinajstić information content (AvgIpc) is 3.59. The summed E-state index contributed by atoms with van der Waals surface area (Å²) >= 11 is 0. The Kier molecular flexibility index (Phi) is 7.89. The van der Waals surface area contributed by atoms with Crippen molar-refractivity contribution in [1.29, 1.82) is 0 Å². The molecule has 210 valence electrons. The maximum absolute atomic E-state index is 13.5. The largest absolute Gasteiger partial charge is 0.379 e. The summed E-state index contributed by atoms with van der Waals surface area (Å²) in [5, 5.41) is 8.40. The van der Waals surface area contributed by atoms with E-state index in [4.69, 9.17) is 4.74 Å². The number of rotatable bonds is 8. The molecule has 7 nitrogen and oxygen atoms in total. The lowest BCUT2D eigenvalue weighted by atomic mass is 9.78. The maximum atomic E-state index is 13.5. The first-order chi connectivity index (χ1) is 19.6. The van der Waals surface area contributed by atoms with Gasteiger partial charge in [-0.05, 0) is 66.7 Å². The van der Waals surface area contributed by atoms with Gasteiger partial charge in [0.15, 0.2) is 0 Å². The number of nitrogens with one attached hydrogen (secondary N) is 3. The molecule has 0 bridgehead atoms. The molecule has 0 radical (unpaired) electrons. The molecule has 6 rings (SSSR count). The monoisotopic (exact) mass is 543 g/mol. The highest BCUT2D eigenvalue weighted by Crippen LogP contribution is 2.49. The van der Waals surface area contributed by atoms with Crippen LogP contribution >= 0.6 is 0 Å². The highest BCUT2D eigenvalue weighted by molar-refractivity contribution is 5.74. The maximum Gasteiger partial charge on any atom is 0.315 e. The Morgan fingerprint density at radius 1 is 1.12 bits per heavy atom. The number of carbonyl (C=O) groups is 1. The van der Waals surface area contributed by atoms with Gasteiger partial charge in [-0.3, -0.25) is 9.91 Å². The Morgan fingerprint density at radius 3 is 2.67 bits per heavy atom. The zero-order chi connectivity index (χ0) is 27.5. The molecule has 2 aliphatic heterocycles. The fourth-order valence-corrected chi connectivity index (χ4v) is 6.57. The highest BCUT2D eigenvalue weighted by Gasteiger charge is 2.39. The molecule has 8 heteroatoms. The average molecular weight is 544 g/mol. The lowest BCUT2D eigenvalue weighted by Gasteiger charge is -2.31. The van der Waals surface area contributed by atoms with E-state index < -0.39 is 0 Å². The van der Waals surface area contributed by atoms with Crippen LogP contribution in [-0.2, 0) is 4.74 Å². The van der Waals surface area contributed by atoms with Gasteiger partial charge in [0.05, 0.1) is 30.6 Å². The van der Waals surface area contributed by atoms with E-state index in [1.807, 2.05) is 23.2 Å². The quantitative estimate of drug-likeness (QED) is 0.436. The molecular formula is C32H38FN5O2. The van der Waals surface area contributed by atoms with Gasteiger partial charge < -0.3 is 20.8 Å². The number of halogens is 1. The number of anilines is 1. The zero-order valence-corrected chi connectivity index (χ0v) is 23.0. The summed E-state index contributed by atoms with van der Waals surface area (Å²) in [6.07, 6.45) is 7.32. The number of nitrogens with zero attached hydrogens (tertiary/aromatic N) is 2. The number of hydrazine groups is 1. The Labute approximate surface area is 235 Å². The molecular weight excluding hydrogens is 505 g/mol. The third-order valence-electron chi connectivity index (χ3n) is 8.63. The van der Waals surface area contributed by atoms with Crippen molar-refractivity contribution < 1.29 is 13.9 Å². The van der Waals surface area contributed by atoms with E-state index in [1.54, 1.807) is 12.1 Å². The topological polar surface area (TPSA) is 68.9 Å². The number of hydrogen-bond acceptors (Lipinski definition) is 5. The summed E-state index contributed by atoms with van der Waals surface area (Å²) in [6.45, 7) is 7.07. The number of fused-ring (bicyclic) bond motifs is 1. The Bertz CT molecular complexity index is 1300. The van der Waals surface area contributed by atoms with E-state index in [0.29, 0.717) is 12.5 Å². The third kappa shape index (κ3) is 5.64. The lowest BCUT2D eigenvalue weighted by molar-refractivity contribution is 0.0387. The summed E-state index contributed by atoms with van der Waals surface area (Å²) in [7, 11) is 0. The van der Waals surface area contributed by atoms with Crippen LogP contribution in [0.4, 0.5) is 14.9 Å². The molecule has 40 heavy (non-hydrogen) atoms. The minimum atomic E-state index is -0.238. The van der Waals surface area contributed by atoms with Crippen LogP contribution in [0.25, 0.3) is 0 Å². The van der Waals surface area contributed by atoms with E-state index in [-0.39, 0.29) is 23.8 Å². The number of allylic oxidation sites excluding steroid dienone is 4. The van der Waals surface area contributed by atoms with Gasteiger partial charge in [-0.15, -0.1) is 0 Å². The predicted molar refractivity (Wildman–Crippen MR) is 155 cm³/mol. The molecule has 2 amide bonds. The van der Waals surface area contributed by atoms with Gasteiger partial charge in [-0.1, -0.05) is 42.8 Å². The Hall–Kier alpha value is -3.62. The molecule has 3 N–H and O–H groups in total. The smallest absolute Gasteiger partial charge is 0.315 e. The van der Waals surface area contributed by atoms with E-state index in [2.05, 4.69) is 52.3 Å². The molecule has 1 unspecified atom stereocenters. The highest BCUT2D eigenvalue weighted by atomic mass is 19.1. The fraction of sp³-hybridized carbons (Fsp3) is 0.406. The third-order valence-corrected chi connectivity index (χ3v) is 8.63. The number of amides is 2. The summed E-state index contributed by atoms with van der Waals surface area (Å²) in [4.78, 5) is 15.3. The molecule has 2 aromatic carbocycles. The van der Waals surface area contributed by atoms with Crippen LogP contribution < -0.4 is 21.1 Å². The molecule has 0 aromatic heterocycles. The van der Waals surface area contributed by atoms with Gasteiger partial charge in [0.1, 0.15) is 5.82 Å². The van der Waals surface area contributed by atoms with Gasteiger partial charge in [0.2, 0.25) is 0 Å². The van der Waals surface area contributed by atoms with Crippen LogP contribution in [0, 0.1) is 17.7 Å². The zero-order valence-electron chi connectivity index (χ0n) is 23.0. The van der Waals surface area contributed by atoms with Gasteiger partial charge in [-0.25, -0.2) is 9.18 Å². The number of benzene rings is 2. The normalized spacial score (nSPS) is 23.1. The molecule has 0 saturated carbocycles. The fourth-order valence-electron chi connectivity index (χ4n) is 6.57. The molecule has 3 atom stereocenters. The first kappa shape index (κ1) is 26.6. The lowest BCUT2D eigenvalue weighted by Crippen LogP contribution is -2.44. The number of morpholine rings is 1. The van der Waals surface area contributed by atoms with Crippen molar-refractivity contribution in [3.63, 3.8) is 0 Å². The molecule has 1 fully saturated rings. The van der Waals surface area contributed by atoms with Crippen LogP contribution in [0.15, 0.2) is 89.3 Å². The second-order valence-corrected chi connectivity index (χ2v) is 11.1. The van der Waals surface area contributed by atoms with Crippen molar-refractivity contribution in [3.05, 3.63) is 101 Å². The molecule has 0 spiro atoms. The van der Waals surface area contributed by atoms with Gasteiger partial charge in [0.25, 0.3) is 0 Å². The summed E-state index contributed by atoms with van der Waals surface area (Å²) in [5.41, 5.74) is 10.7. The number of carbonyl (C=O) groups excluding carboxylic acids is 1. The van der Waals surface area contributed by atoms with Crippen LogP contribution in [0.5, 0.6) is 0 Å². The molecule has 2 heterocycles. The van der Waals surface area contributed by atoms with Gasteiger partial charge in [0, 0.05) is 43.9 Å². The summed E-state index contributed by atoms with van der Waals surface area (Å²) in [5.74, 6) is 0.403. The van der Waals surface area contributed by atoms with Crippen molar-refractivity contribution in [1.82, 2.24) is 21.0 Å². The van der Waals surface area contributed by atoms with Crippen molar-refractivity contribution in [3.8, 4) is 0 Å².